The van der Waals surface area contributed by atoms with Gasteiger partial charge in [-0.05, 0) is 31.1 Å². The molecule has 1 aliphatic rings. The average Bonchev–Trinajstić information content (AvgIpc) is 2.43. The van der Waals surface area contributed by atoms with Crippen LogP contribution in [-0.2, 0) is 6.54 Å². The van der Waals surface area contributed by atoms with Crippen LogP contribution in [0.15, 0.2) is 17.2 Å². The lowest BCUT2D eigenvalue weighted by atomic mass is 9.81. The minimum atomic E-state index is 0.00589. The number of hydrogen-bond donors (Lipinski definition) is 1. The van der Waals surface area contributed by atoms with Crippen LogP contribution in [0.2, 0.25) is 0 Å². The first-order valence-corrected chi connectivity index (χ1v) is 8.00. The molecule has 112 valence electrons. The van der Waals surface area contributed by atoms with Crippen molar-refractivity contribution in [3.05, 3.63) is 22.7 Å². The first-order chi connectivity index (χ1) is 9.70. The molecule has 1 aromatic heterocycles. The van der Waals surface area contributed by atoms with Gasteiger partial charge in [0.15, 0.2) is 5.82 Å². The van der Waals surface area contributed by atoms with Gasteiger partial charge < -0.3 is 9.88 Å². The molecule has 0 aliphatic heterocycles. The number of aromatic nitrogens is 2. The molecule has 0 aromatic carbocycles. The summed E-state index contributed by atoms with van der Waals surface area (Å²) in [6.45, 7) is 6.04. The lowest BCUT2D eigenvalue weighted by Gasteiger charge is -2.26. The van der Waals surface area contributed by atoms with Gasteiger partial charge in [0.25, 0.3) is 5.56 Å². The Labute approximate surface area is 121 Å². The Bertz CT molecular complexity index is 469. The van der Waals surface area contributed by atoms with Crippen molar-refractivity contribution in [1.82, 2.24) is 9.55 Å². The van der Waals surface area contributed by atoms with Crippen molar-refractivity contribution < 1.29 is 0 Å². The van der Waals surface area contributed by atoms with Crippen LogP contribution in [-0.4, -0.2) is 16.1 Å². The van der Waals surface area contributed by atoms with E-state index in [9.17, 15) is 4.79 Å². The van der Waals surface area contributed by atoms with Gasteiger partial charge in [-0.15, -0.1) is 0 Å². The van der Waals surface area contributed by atoms with E-state index in [1.807, 2.05) is 0 Å². The highest BCUT2D eigenvalue weighted by atomic mass is 16.1. The Hall–Kier alpha value is -1.32. The summed E-state index contributed by atoms with van der Waals surface area (Å²) in [5, 5.41) is 3.23. The Morgan fingerprint density at radius 3 is 3.05 bits per heavy atom. The summed E-state index contributed by atoms with van der Waals surface area (Å²) in [7, 11) is 0. The molecule has 1 saturated carbocycles. The monoisotopic (exact) mass is 277 g/mol. The van der Waals surface area contributed by atoms with E-state index in [1.165, 1.54) is 25.7 Å². The smallest absolute Gasteiger partial charge is 0.293 e. The second-order valence-electron chi connectivity index (χ2n) is 6.13. The van der Waals surface area contributed by atoms with Crippen molar-refractivity contribution in [2.45, 2.75) is 58.9 Å². The fourth-order valence-electron chi connectivity index (χ4n) is 3.20. The third-order valence-electron chi connectivity index (χ3n) is 4.27. The standard InChI is InChI=1S/C16H27N3O/c1-3-10-19-11-9-18-15(16(19)20)17-8-7-14-6-4-5-13(2)12-14/h9,11,13-14H,3-8,10,12H2,1-2H3,(H,17,18). The summed E-state index contributed by atoms with van der Waals surface area (Å²) < 4.78 is 1.73. The molecular formula is C16H27N3O. The summed E-state index contributed by atoms with van der Waals surface area (Å²) >= 11 is 0. The minimum Gasteiger partial charge on any atom is -0.365 e. The van der Waals surface area contributed by atoms with Crippen molar-refractivity contribution in [3.63, 3.8) is 0 Å². The van der Waals surface area contributed by atoms with Gasteiger partial charge in [0.05, 0.1) is 0 Å². The van der Waals surface area contributed by atoms with E-state index in [4.69, 9.17) is 0 Å². The summed E-state index contributed by atoms with van der Waals surface area (Å²) in [6.07, 6.45) is 11.0. The van der Waals surface area contributed by atoms with Gasteiger partial charge in [-0.1, -0.05) is 33.1 Å². The maximum Gasteiger partial charge on any atom is 0.293 e. The zero-order valence-corrected chi connectivity index (χ0v) is 12.8. The number of nitrogens with zero attached hydrogens (tertiary/aromatic N) is 2. The molecule has 4 nitrogen and oxygen atoms in total. The third-order valence-corrected chi connectivity index (χ3v) is 4.27. The summed E-state index contributed by atoms with van der Waals surface area (Å²) in [4.78, 5) is 16.3. The van der Waals surface area contributed by atoms with Gasteiger partial charge >= 0.3 is 0 Å². The zero-order valence-electron chi connectivity index (χ0n) is 12.8. The van der Waals surface area contributed by atoms with Crippen LogP contribution >= 0.6 is 0 Å². The van der Waals surface area contributed by atoms with Crippen molar-refractivity contribution in [2.75, 3.05) is 11.9 Å². The lowest BCUT2D eigenvalue weighted by Crippen LogP contribution is -2.25. The van der Waals surface area contributed by atoms with Gasteiger partial charge in [-0.25, -0.2) is 4.98 Å². The van der Waals surface area contributed by atoms with Gasteiger partial charge in [-0.3, -0.25) is 4.79 Å². The number of anilines is 1. The van der Waals surface area contributed by atoms with Gasteiger partial charge in [0, 0.05) is 25.5 Å². The average molecular weight is 277 g/mol. The van der Waals surface area contributed by atoms with Crippen LogP contribution < -0.4 is 10.9 Å². The van der Waals surface area contributed by atoms with Crippen LogP contribution in [0.3, 0.4) is 0 Å². The zero-order chi connectivity index (χ0) is 14.4. The highest BCUT2D eigenvalue weighted by Crippen LogP contribution is 2.30. The number of rotatable bonds is 6. The lowest BCUT2D eigenvalue weighted by molar-refractivity contribution is 0.274. The number of hydrogen-bond acceptors (Lipinski definition) is 3. The molecule has 2 rings (SSSR count). The van der Waals surface area contributed by atoms with Crippen molar-refractivity contribution in [2.24, 2.45) is 11.8 Å². The fourth-order valence-corrected chi connectivity index (χ4v) is 3.20. The molecule has 1 heterocycles. The molecule has 0 spiro atoms. The van der Waals surface area contributed by atoms with Gasteiger partial charge in [-0.2, -0.15) is 0 Å². The molecule has 1 fully saturated rings. The van der Waals surface area contributed by atoms with E-state index in [2.05, 4.69) is 24.1 Å². The van der Waals surface area contributed by atoms with E-state index in [0.29, 0.717) is 5.82 Å². The van der Waals surface area contributed by atoms with Crippen LogP contribution in [0.25, 0.3) is 0 Å². The first kappa shape index (κ1) is 15.1. The molecule has 20 heavy (non-hydrogen) atoms. The van der Waals surface area contributed by atoms with Gasteiger partial charge in [0.2, 0.25) is 0 Å². The number of nitrogens with one attached hydrogen (secondary N) is 1. The molecule has 1 N–H and O–H groups in total. The Morgan fingerprint density at radius 2 is 2.30 bits per heavy atom. The Morgan fingerprint density at radius 1 is 1.45 bits per heavy atom. The van der Waals surface area contributed by atoms with Crippen molar-refractivity contribution in [3.8, 4) is 0 Å². The van der Waals surface area contributed by atoms with Crippen molar-refractivity contribution in [1.29, 1.82) is 0 Å². The molecule has 1 aromatic rings. The molecule has 0 bridgehead atoms. The van der Waals surface area contributed by atoms with Crippen LogP contribution in [0, 0.1) is 11.8 Å². The molecule has 0 saturated heterocycles. The van der Waals surface area contributed by atoms with Crippen LogP contribution in [0.1, 0.15) is 52.4 Å². The van der Waals surface area contributed by atoms with Crippen molar-refractivity contribution >= 4 is 5.82 Å². The SMILES string of the molecule is CCCn1ccnc(NCCC2CCCC(C)C2)c1=O. The van der Waals surface area contributed by atoms with E-state index in [-0.39, 0.29) is 5.56 Å². The Kier molecular flexibility index (Phi) is 5.62. The third kappa shape index (κ3) is 4.09. The molecule has 4 heteroatoms. The maximum absolute atomic E-state index is 12.1. The highest BCUT2D eigenvalue weighted by molar-refractivity contribution is 5.30. The molecule has 0 radical (unpaired) electrons. The van der Waals surface area contributed by atoms with Gasteiger partial charge in [0.1, 0.15) is 0 Å². The number of aryl methyl sites for hydroxylation is 1. The topological polar surface area (TPSA) is 46.9 Å². The largest absolute Gasteiger partial charge is 0.365 e. The second kappa shape index (κ2) is 7.46. The second-order valence-corrected chi connectivity index (χ2v) is 6.13. The molecule has 1 aliphatic carbocycles. The molecule has 2 unspecified atom stereocenters. The van der Waals surface area contributed by atoms with E-state index in [1.54, 1.807) is 17.0 Å². The summed E-state index contributed by atoms with van der Waals surface area (Å²) in [6, 6.07) is 0. The fraction of sp³-hybridized carbons (Fsp3) is 0.750. The minimum absolute atomic E-state index is 0.00589. The summed E-state index contributed by atoms with van der Waals surface area (Å²) in [5.74, 6) is 2.18. The van der Waals surface area contributed by atoms with E-state index >= 15 is 0 Å². The van der Waals surface area contributed by atoms with Crippen LogP contribution in [0.4, 0.5) is 5.82 Å². The van der Waals surface area contributed by atoms with E-state index in [0.717, 1.165) is 37.8 Å². The quantitative estimate of drug-likeness (QED) is 0.868. The maximum atomic E-state index is 12.1. The molecule has 0 amide bonds. The normalized spacial score (nSPS) is 22.7. The first-order valence-electron chi connectivity index (χ1n) is 8.00. The van der Waals surface area contributed by atoms with E-state index < -0.39 is 0 Å². The predicted octanol–water partition coefficient (Wildman–Crippen LogP) is 3.28. The molecule has 2 atom stereocenters. The van der Waals surface area contributed by atoms with Crippen LogP contribution in [0.5, 0.6) is 0 Å². The Balaban J connectivity index is 1.85. The molecular weight excluding hydrogens is 250 g/mol. The summed E-state index contributed by atoms with van der Waals surface area (Å²) in [5.41, 5.74) is 0.00589. The predicted molar refractivity (Wildman–Crippen MR) is 83.0 cm³/mol. The highest BCUT2D eigenvalue weighted by Gasteiger charge is 2.18.